The van der Waals surface area contributed by atoms with E-state index in [4.69, 9.17) is 16.3 Å². The molecule has 0 radical (unpaired) electrons. The van der Waals surface area contributed by atoms with Gasteiger partial charge in [-0.3, -0.25) is 13.9 Å². The number of benzene rings is 2. The number of rotatable bonds is 13. The first kappa shape index (κ1) is 30.9. The molecule has 2 atom stereocenters. The maximum atomic E-state index is 13.4. The van der Waals surface area contributed by atoms with Gasteiger partial charge in [0.05, 0.1) is 24.1 Å². The number of nitrogens with zero attached hydrogens (tertiary/aromatic N) is 2. The normalized spacial score (nSPS) is 12.9. The van der Waals surface area contributed by atoms with Crippen LogP contribution in [0.25, 0.3) is 0 Å². The maximum Gasteiger partial charge on any atom is 0.242 e. The van der Waals surface area contributed by atoms with E-state index in [2.05, 4.69) is 21.2 Å². The molecule has 0 unspecified atom stereocenters. The molecule has 37 heavy (non-hydrogen) atoms. The third-order valence-electron chi connectivity index (χ3n) is 5.99. The molecule has 0 aromatic heterocycles. The number of amides is 2. The number of carbonyl (C=O) groups excluding carboxylic acids is 2. The highest BCUT2D eigenvalue weighted by Crippen LogP contribution is 2.30. The predicted molar refractivity (Wildman–Crippen MR) is 151 cm³/mol. The first-order chi connectivity index (χ1) is 17.4. The Bertz CT molecular complexity index is 1190. The molecule has 0 heterocycles. The Morgan fingerprint density at radius 3 is 2.43 bits per heavy atom. The van der Waals surface area contributed by atoms with Gasteiger partial charge in [-0.05, 0) is 62.6 Å². The summed E-state index contributed by atoms with van der Waals surface area (Å²) in [6, 6.07) is 11.6. The Kier molecular flexibility index (Phi) is 11.7. The molecule has 11 heteroatoms. The molecule has 2 amide bonds. The van der Waals surface area contributed by atoms with Gasteiger partial charge in [0.1, 0.15) is 11.8 Å². The lowest BCUT2D eigenvalue weighted by Gasteiger charge is -2.30. The Labute approximate surface area is 233 Å². The Morgan fingerprint density at radius 1 is 1.16 bits per heavy atom. The van der Waals surface area contributed by atoms with Crippen LogP contribution in [-0.2, 0) is 26.2 Å². The van der Waals surface area contributed by atoms with Crippen molar-refractivity contribution in [2.75, 3.05) is 24.2 Å². The van der Waals surface area contributed by atoms with Crippen molar-refractivity contribution in [2.45, 2.75) is 58.7 Å². The molecule has 0 spiro atoms. The van der Waals surface area contributed by atoms with Crippen LogP contribution in [0.15, 0.2) is 46.9 Å². The standard InChI is InChI=1S/C26H35BrClN3O5S/c1-6-18(2)29-26(33)19(3)30(17-20-9-7-10-21(27)15-20)25(32)11-8-14-31(37(5,34)35)22-12-13-24(36-4)23(28)16-22/h7,9-10,12-13,15-16,18-19H,6,8,11,14,17H2,1-5H3,(H,29,33)/t18-,19-/m0/s1. The van der Waals surface area contributed by atoms with Gasteiger partial charge in [0.2, 0.25) is 21.8 Å². The summed E-state index contributed by atoms with van der Waals surface area (Å²) in [6.07, 6.45) is 2.19. The van der Waals surface area contributed by atoms with Crippen molar-refractivity contribution in [1.29, 1.82) is 0 Å². The van der Waals surface area contributed by atoms with Gasteiger partial charge < -0.3 is 15.0 Å². The Balaban J connectivity index is 2.20. The fourth-order valence-electron chi connectivity index (χ4n) is 3.69. The van der Waals surface area contributed by atoms with E-state index in [1.165, 1.54) is 22.4 Å². The summed E-state index contributed by atoms with van der Waals surface area (Å²) >= 11 is 9.65. The van der Waals surface area contributed by atoms with E-state index >= 15 is 0 Å². The maximum absolute atomic E-state index is 13.4. The van der Waals surface area contributed by atoms with Gasteiger partial charge in [-0.2, -0.15) is 0 Å². The average molecular weight is 617 g/mol. The lowest BCUT2D eigenvalue weighted by atomic mass is 10.1. The summed E-state index contributed by atoms with van der Waals surface area (Å²) in [5.41, 5.74) is 1.25. The minimum absolute atomic E-state index is 0.0163. The lowest BCUT2D eigenvalue weighted by Crippen LogP contribution is -2.49. The smallest absolute Gasteiger partial charge is 0.242 e. The summed E-state index contributed by atoms with van der Waals surface area (Å²) in [5.74, 6) is -0.0433. The number of hydrogen-bond acceptors (Lipinski definition) is 5. The molecule has 0 bridgehead atoms. The van der Waals surface area contributed by atoms with Crippen LogP contribution in [0.1, 0.15) is 45.6 Å². The van der Waals surface area contributed by atoms with Gasteiger partial charge in [-0.15, -0.1) is 0 Å². The number of methoxy groups -OCH3 is 1. The van der Waals surface area contributed by atoms with E-state index in [-0.39, 0.29) is 48.8 Å². The number of anilines is 1. The second-order valence-electron chi connectivity index (χ2n) is 8.90. The number of hydrogen-bond donors (Lipinski definition) is 1. The van der Waals surface area contributed by atoms with Crippen molar-refractivity contribution in [3.63, 3.8) is 0 Å². The number of sulfonamides is 1. The zero-order valence-electron chi connectivity index (χ0n) is 21.8. The molecule has 0 saturated carbocycles. The van der Waals surface area contributed by atoms with Gasteiger partial charge >= 0.3 is 0 Å². The highest BCUT2D eigenvalue weighted by molar-refractivity contribution is 9.10. The van der Waals surface area contributed by atoms with Crippen LogP contribution in [-0.4, -0.2) is 57.1 Å². The second kappa shape index (κ2) is 14.0. The van der Waals surface area contributed by atoms with E-state index in [1.54, 1.807) is 19.1 Å². The molecular formula is C26H35BrClN3O5S. The molecule has 204 valence electrons. The van der Waals surface area contributed by atoms with Gasteiger partial charge in [-0.1, -0.05) is 46.6 Å². The molecule has 0 aliphatic rings. The molecule has 2 aromatic rings. The minimum Gasteiger partial charge on any atom is -0.495 e. The van der Waals surface area contributed by atoms with Crippen LogP contribution in [0.5, 0.6) is 5.75 Å². The molecular weight excluding hydrogens is 582 g/mol. The topological polar surface area (TPSA) is 96.0 Å². The van der Waals surface area contributed by atoms with E-state index in [1.807, 2.05) is 38.1 Å². The van der Waals surface area contributed by atoms with E-state index in [0.717, 1.165) is 22.7 Å². The van der Waals surface area contributed by atoms with E-state index in [0.29, 0.717) is 11.4 Å². The monoisotopic (exact) mass is 615 g/mol. The minimum atomic E-state index is -3.63. The number of halogens is 2. The second-order valence-corrected chi connectivity index (χ2v) is 12.1. The molecule has 1 N–H and O–H groups in total. The Hall–Kier alpha value is -2.30. The van der Waals surface area contributed by atoms with E-state index < -0.39 is 16.1 Å². The molecule has 0 fully saturated rings. The van der Waals surface area contributed by atoms with E-state index in [9.17, 15) is 18.0 Å². The number of nitrogens with one attached hydrogen (secondary N) is 1. The highest BCUT2D eigenvalue weighted by atomic mass is 79.9. The van der Waals surface area contributed by atoms with Crippen LogP contribution >= 0.6 is 27.5 Å². The van der Waals surface area contributed by atoms with Crippen LogP contribution in [0.2, 0.25) is 5.02 Å². The van der Waals surface area contributed by atoms with Crippen molar-refractivity contribution >= 4 is 55.1 Å². The van der Waals surface area contributed by atoms with Crippen molar-refractivity contribution in [3.05, 3.63) is 57.5 Å². The van der Waals surface area contributed by atoms with Gasteiger partial charge in [0.25, 0.3) is 0 Å². The van der Waals surface area contributed by atoms with Gasteiger partial charge in [0, 0.05) is 30.0 Å². The van der Waals surface area contributed by atoms with Crippen molar-refractivity contribution in [3.8, 4) is 5.75 Å². The first-order valence-electron chi connectivity index (χ1n) is 12.0. The zero-order chi connectivity index (χ0) is 27.8. The molecule has 0 aliphatic carbocycles. The fraction of sp³-hybridized carbons (Fsp3) is 0.462. The SMILES string of the molecule is CC[C@H](C)NC(=O)[C@H](C)N(Cc1cccc(Br)c1)C(=O)CCCN(c1ccc(OC)c(Cl)c1)S(C)(=O)=O. The molecule has 0 aliphatic heterocycles. The molecule has 2 aromatic carbocycles. The number of carbonyl (C=O) groups is 2. The van der Waals surface area contributed by atoms with Crippen LogP contribution < -0.4 is 14.4 Å². The molecule has 8 nitrogen and oxygen atoms in total. The van der Waals surface area contributed by atoms with Gasteiger partial charge in [0.15, 0.2) is 0 Å². The van der Waals surface area contributed by atoms with Crippen LogP contribution in [0.3, 0.4) is 0 Å². The summed E-state index contributed by atoms with van der Waals surface area (Å²) in [7, 11) is -2.16. The zero-order valence-corrected chi connectivity index (χ0v) is 25.0. The number of ether oxygens (including phenoxy) is 1. The summed E-state index contributed by atoms with van der Waals surface area (Å²) in [4.78, 5) is 27.8. The third kappa shape index (κ3) is 9.19. The van der Waals surface area contributed by atoms with Crippen molar-refractivity contribution in [1.82, 2.24) is 10.2 Å². The third-order valence-corrected chi connectivity index (χ3v) is 7.97. The fourth-order valence-corrected chi connectivity index (χ4v) is 5.35. The molecule has 0 saturated heterocycles. The van der Waals surface area contributed by atoms with Gasteiger partial charge in [-0.25, -0.2) is 8.42 Å². The Morgan fingerprint density at radius 2 is 1.86 bits per heavy atom. The van der Waals surface area contributed by atoms with Crippen LogP contribution in [0.4, 0.5) is 5.69 Å². The largest absolute Gasteiger partial charge is 0.495 e. The predicted octanol–water partition coefficient (Wildman–Crippen LogP) is 4.99. The summed E-state index contributed by atoms with van der Waals surface area (Å²) in [5, 5.41) is 3.22. The average Bonchev–Trinajstić information content (AvgIpc) is 2.83. The summed E-state index contributed by atoms with van der Waals surface area (Å²) in [6.45, 7) is 5.91. The summed E-state index contributed by atoms with van der Waals surface area (Å²) < 4.78 is 32.2. The first-order valence-corrected chi connectivity index (χ1v) is 15.0. The highest BCUT2D eigenvalue weighted by Gasteiger charge is 2.27. The van der Waals surface area contributed by atoms with Crippen molar-refractivity contribution < 1.29 is 22.7 Å². The lowest BCUT2D eigenvalue weighted by molar-refractivity contribution is -0.140. The quantitative estimate of drug-likeness (QED) is 0.342. The van der Waals surface area contributed by atoms with Crippen LogP contribution in [0, 0.1) is 0 Å². The van der Waals surface area contributed by atoms with Crippen molar-refractivity contribution in [2.24, 2.45) is 0 Å². The molecule has 2 rings (SSSR count).